The molecule has 3 N–H and O–H groups in total. The Hall–Kier alpha value is -4.53. The summed E-state index contributed by atoms with van der Waals surface area (Å²) in [4.78, 5) is 46.8. The smallest absolute Gasteiger partial charge is 0.328 e. The number of carbonyl (C=O) groups excluding carboxylic acids is 2. The number of nitriles is 1. The third kappa shape index (κ3) is 6.14. The van der Waals surface area contributed by atoms with Crippen LogP contribution in [0.3, 0.4) is 0 Å². The largest absolute Gasteiger partial charge is 0.467 e. The second kappa shape index (κ2) is 12.3. The fourth-order valence-corrected chi connectivity index (χ4v) is 5.99. The summed E-state index contributed by atoms with van der Waals surface area (Å²) in [5.74, 6) is -0.614. The maximum atomic E-state index is 13.9. The lowest BCUT2D eigenvalue weighted by Gasteiger charge is -2.33. The number of benzene rings is 2. The fraction of sp³-hybridized carbons (Fsp3) is 0.300. The minimum atomic E-state index is -0.905. The average Bonchev–Trinajstić information content (AvgIpc) is 3.43. The molecule has 1 fully saturated rings. The molecule has 0 aliphatic carbocycles. The number of aromatic nitrogens is 2. The predicted molar refractivity (Wildman–Crippen MR) is 157 cm³/mol. The van der Waals surface area contributed by atoms with Crippen LogP contribution in [0, 0.1) is 11.3 Å². The molecular weight excluding hydrogens is 540 g/mol. The molecule has 0 saturated carbocycles. The van der Waals surface area contributed by atoms with Crippen molar-refractivity contribution in [3.8, 4) is 6.07 Å². The topological polar surface area (TPSA) is 143 Å². The van der Waals surface area contributed by atoms with Gasteiger partial charge >= 0.3 is 5.97 Å². The molecule has 2 aromatic carbocycles. The average molecular weight is 571 g/mol. The Labute approximate surface area is 241 Å². The maximum absolute atomic E-state index is 13.9. The SMILES string of the molecule is COC(=O)[C@H](Cc1ccccc1)NC(=O)c1cc2nc(N3CCC[C@@H](N)C3)n(Cc3ccccc3C#N)c(=O)c2s1. The van der Waals surface area contributed by atoms with Crippen LogP contribution in [0.4, 0.5) is 5.95 Å². The number of hydrogen-bond donors (Lipinski definition) is 2. The van der Waals surface area contributed by atoms with Crippen molar-refractivity contribution in [3.63, 3.8) is 0 Å². The molecule has 1 aliphatic heterocycles. The van der Waals surface area contributed by atoms with Gasteiger partial charge in [-0.25, -0.2) is 9.78 Å². The third-order valence-electron chi connectivity index (χ3n) is 7.12. The van der Waals surface area contributed by atoms with E-state index < -0.39 is 17.9 Å². The maximum Gasteiger partial charge on any atom is 0.328 e. The monoisotopic (exact) mass is 570 g/mol. The highest BCUT2D eigenvalue weighted by molar-refractivity contribution is 7.20. The van der Waals surface area contributed by atoms with Crippen LogP contribution in [-0.2, 0) is 22.5 Å². The van der Waals surface area contributed by atoms with Crippen LogP contribution < -0.4 is 21.5 Å². The first-order valence-corrected chi connectivity index (χ1v) is 14.1. The highest BCUT2D eigenvalue weighted by Crippen LogP contribution is 2.26. The molecule has 3 heterocycles. The van der Waals surface area contributed by atoms with Crippen LogP contribution in [0.2, 0.25) is 0 Å². The normalized spacial score (nSPS) is 15.7. The van der Waals surface area contributed by atoms with E-state index in [1.165, 1.54) is 7.11 Å². The second-order valence-electron chi connectivity index (χ2n) is 9.98. The summed E-state index contributed by atoms with van der Waals surface area (Å²) >= 11 is 1.02. The van der Waals surface area contributed by atoms with Gasteiger partial charge in [-0.1, -0.05) is 48.5 Å². The van der Waals surface area contributed by atoms with E-state index in [2.05, 4.69) is 11.4 Å². The van der Waals surface area contributed by atoms with Gasteiger partial charge in [0.25, 0.3) is 11.5 Å². The molecule has 4 aromatic rings. The highest BCUT2D eigenvalue weighted by atomic mass is 32.1. The van der Waals surface area contributed by atoms with E-state index >= 15 is 0 Å². The molecule has 5 rings (SSSR count). The van der Waals surface area contributed by atoms with Gasteiger partial charge < -0.3 is 20.7 Å². The van der Waals surface area contributed by atoms with Crippen molar-refractivity contribution in [1.82, 2.24) is 14.9 Å². The van der Waals surface area contributed by atoms with Gasteiger partial charge in [-0.05, 0) is 36.1 Å². The lowest BCUT2D eigenvalue weighted by Crippen LogP contribution is -2.45. The van der Waals surface area contributed by atoms with Crippen LogP contribution in [0.5, 0.6) is 0 Å². The number of hydrogen-bond acceptors (Lipinski definition) is 9. The van der Waals surface area contributed by atoms with Crippen molar-refractivity contribution in [2.75, 3.05) is 25.1 Å². The van der Waals surface area contributed by atoms with Gasteiger partial charge in [0.05, 0.1) is 35.7 Å². The number of thiophene rings is 1. The molecule has 0 radical (unpaired) electrons. The number of nitrogens with one attached hydrogen (secondary N) is 1. The van der Waals surface area contributed by atoms with E-state index in [0.717, 1.165) is 29.7 Å². The molecule has 1 aliphatic rings. The molecular formula is C30H30N6O4S. The van der Waals surface area contributed by atoms with E-state index in [0.29, 0.717) is 40.4 Å². The van der Waals surface area contributed by atoms with Crippen LogP contribution in [-0.4, -0.2) is 53.7 Å². The van der Waals surface area contributed by atoms with Crippen molar-refractivity contribution in [3.05, 3.63) is 92.6 Å². The third-order valence-corrected chi connectivity index (χ3v) is 8.23. The van der Waals surface area contributed by atoms with E-state index in [1.54, 1.807) is 22.8 Å². The molecule has 11 heteroatoms. The Kier molecular flexibility index (Phi) is 8.42. The van der Waals surface area contributed by atoms with E-state index in [9.17, 15) is 19.6 Å². The van der Waals surface area contributed by atoms with E-state index in [-0.39, 0.29) is 29.4 Å². The first-order chi connectivity index (χ1) is 19.9. The molecule has 0 unspecified atom stereocenters. The number of rotatable bonds is 8. The van der Waals surface area contributed by atoms with Gasteiger partial charge in [0, 0.05) is 25.6 Å². The molecule has 10 nitrogen and oxygen atoms in total. The number of methoxy groups -OCH3 is 1. The number of fused-ring (bicyclic) bond motifs is 1. The van der Waals surface area contributed by atoms with Crippen molar-refractivity contribution < 1.29 is 14.3 Å². The lowest BCUT2D eigenvalue weighted by atomic mass is 10.1. The number of carbonyl (C=O) groups is 2. The Morgan fingerprint density at radius 3 is 2.71 bits per heavy atom. The van der Waals surface area contributed by atoms with Crippen molar-refractivity contribution >= 4 is 39.4 Å². The molecule has 210 valence electrons. The standard InChI is InChI=1S/C30H30N6O4S/c1-40-29(39)24(14-19-8-3-2-4-9-19)33-27(37)25-15-23-26(41-25)28(38)36(17-21-11-6-5-10-20(21)16-31)30(34-23)35-13-7-12-22(32)18-35/h2-6,8-11,15,22,24H,7,12-14,17-18,32H2,1H3,(H,33,37)/t22-,24+/m1/s1. The first kappa shape index (κ1) is 28.0. The zero-order valence-corrected chi connectivity index (χ0v) is 23.4. The van der Waals surface area contributed by atoms with Gasteiger partial charge in [-0.15, -0.1) is 11.3 Å². The number of amides is 1. The fourth-order valence-electron chi connectivity index (χ4n) is 5.04. The van der Waals surface area contributed by atoms with Gasteiger partial charge in [0.2, 0.25) is 5.95 Å². The summed E-state index contributed by atoms with van der Waals surface area (Å²) in [6, 6.07) is 19.3. The number of nitrogens with zero attached hydrogens (tertiary/aromatic N) is 4. The quantitative estimate of drug-likeness (QED) is 0.308. The van der Waals surface area contributed by atoms with Gasteiger partial charge in [0.1, 0.15) is 10.7 Å². The Bertz CT molecular complexity index is 1680. The second-order valence-corrected chi connectivity index (χ2v) is 11.0. The summed E-state index contributed by atoms with van der Waals surface area (Å²) < 4.78 is 6.80. The summed E-state index contributed by atoms with van der Waals surface area (Å²) in [7, 11) is 1.27. The number of piperidine rings is 1. The molecule has 0 spiro atoms. The van der Waals surface area contributed by atoms with Crippen molar-refractivity contribution in [2.24, 2.45) is 5.73 Å². The zero-order valence-electron chi connectivity index (χ0n) is 22.6. The van der Waals surface area contributed by atoms with E-state index in [4.69, 9.17) is 15.5 Å². The highest BCUT2D eigenvalue weighted by Gasteiger charge is 2.27. The number of nitrogens with two attached hydrogens (primary N) is 1. The lowest BCUT2D eigenvalue weighted by molar-refractivity contribution is -0.142. The Morgan fingerprint density at radius 1 is 1.22 bits per heavy atom. The summed E-state index contributed by atoms with van der Waals surface area (Å²) in [6.45, 7) is 1.37. The van der Waals surface area contributed by atoms with Crippen LogP contribution >= 0.6 is 11.3 Å². The molecule has 2 atom stereocenters. The van der Waals surface area contributed by atoms with Gasteiger partial charge in [0.15, 0.2) is 0 Å². The molecule has 1 saturated heterocycles. The van der Waals surface area contributed by atoms with Crippen LogP contribution in [0.25, 0.3) is 10.2 Å². The van der Waals surface area contributed by atoms with E-state index in [1.807, 2.05) is 47.4 Å². The van der Waals surface area contributed by atoms with Crippen molar-refractivity contribution in [2.45, 2.75) is 37.9 Å². The zero-order chi connectivity index (χ0) is 28.9. The molecule has 0 bridgehead atoms. The number of anilines is 1. The Morgan fingerprint density at radius 2 is 1.98 bits per heavy atom. The molecule has 1 amide bonds. The summed E-state index contributed by atoms with van der Waals surface area (Å²) in [6.07, 6.45) is 2.00. The Balaban J connectivity index is 1.52. The van der Waals surface area contributed by atoms with Gasteiger partial charge in [-0.3, -0.25) is 14.2 Å². The minimum absolute atomic E-state index is 0.0557. The summed E-state index contributed by atoms with van der Waals surface area (Å²) in [5.41, 5.74) is 8.36. The summed E-state index contributed by atoms with van der Waals surface area (Å²) in [5, 5.41) is 12.4. The molecule has 41 heavy (non-hydrogen) atoms. The van der Waals surface area contributed by atoms with Crippen LogP contribution in [0.1, 0.15) is 39.2 Å². The van der Waals surface area contributed by atoms with Crippen molar-refractivity contribution in [1.29, 1.82) is 5.26 Å². The van der Waals surface area contributed by atoms with Gasteiger partial charge in [-0.2, -0.15) is 5.26 Å². The van der Waals surface area contributed by atoms with Crippen LogP contribution in [0.15, 0.2) is 65.5 Å². The number of esters is 1. The molecule has 2 aromatic heterocycles. The minimum Gasteiger partial charge on any atom is -0.467 e. The number of ether oxygens (including phenoxy) is 1. The first-order valence-electron chi connectivity index (χ1n) is 13.3. The predicted octanol–water partition coefficient (Wildman–Crippen LogP) is 2.82.